The van der Waals surface area contributed by atoms with Gasteiger partial charge in [-0.1, -0.05) is 20.3 Å². The Hall–Kier alpha value is -1.14. The van der Waals surface area contributed by atoms with Crippen LogP contribution in [-0.2, 0) is 14.3 Å². The molecule has 0 spiro atoms. The van der Waals surface area contributed by atoms with Crippen LogP contribution in [0.2, 0.25) is 0 Å². The van der Waals surface area contributed by atoms with Crippen LogP contribution in [-0.4, -0.2) is 54.2 Å². The number of rotatable bonds is 8. The molecule has 0 aromatic heterocycles. The number of carbonyl (C=O) groups is 2. The second kappa shape index (κ2) is 8.21. The highest BCUT2D eigenvalue weighted by Gasteiger charge is 2.39. The van der Waals surface area contributed by atoms with Crippen LogP contribution in [0.3, 0.4) is 0 Å². The van der Waals surface area contributed by atoms with Crippen LogP contribution in [0.25, 0.3) is 0 Å². The first kappa shape index (κ1) is 16.9. The first-order chi connectivity index (χ1) is 9.54. The molecule has 1 amide bonds. The van der Waals surface area contributed by atoms with E-state index in [0.29, 0.717) is 26.1 Å². The minimum absolute atomic E-state index is 0.00843. The van der Waals surface area contributed by atoms with Crippen LogP contribution >= 0.6 is 0 Å². The zero-order valence-corrected chi connectivity index (χ0v) is 12.4. The normalized spacial score (nSPS) is 23.6. The Balaban J connectivity index is 2.76. The van der Waals surface area contributed by atoms with Crippen molar-refractivity contribution in [1.82, 2.24) is 4.90 Å². The van der Waals surface area contributed by atoms with Gasteiger partial charge < -0.3 is 20.5 Å². The van der Waals surface area contributed by atoms with E-state index in [4.69, 9.17) is 10.5 Å². The van der Waals surface area contributed by atoms with E-state index < -0.39 is 11.9 Å². The minimum Gasteiger partial charge on any atom is -0.481 e. The maximum absolute atomic E-state index is 12.4. The molecule has 0 saturated carbocycles. The van der Waals surface area contributed by atoms with E-state index in [1.165, 1.54) is 0 Å². The highest BCUT2D eigenvalue weighted by Crippen LogP contribution is 2.22. The van der Waals surface area contributed by atoms with Crippen molar-refractivity contribution in [3.8, 4) is 0 Å². The maximum Gasteiger partial charge on any atom is 0.311 e. The zero-order chi connectivity index (χ0) is 15.1. The molecule has 6 heteroatoms. The highest BCUT2D eigenvalue weighted by molar-refractivity contribution is 5.79. The lowest BCUT2D eigenvalue weighted by Crippen LogP contribution is -2.47. The first-order valence-electron chi connectivity index (χ1n) is 7.35. The number of hydrogen-bond donors (Lipinski definition) is 2. The third kappa shape index (κ3) is 4.18. The monoisotopic (exact) mass is 286 g/mol. The van der Waals surface area contributed by atoms with Gasteiger partial charge in [0.2, 0.25) is 5.91 Å². The van der Waals surface area contributed by atoms with Crippen molar-refractivity contribution in [2.45, 2.75) is 39.2 Å². The predicted molar refractivity (Wildman–Crippen MR) is 75.2 cm³/mol. The second-order valence-electron chi connectivity index (χ2n) is 5.35. The van der Waals surface area contributed by atoms with E-state index in [1.54, 1.807) is 4.90 Å². The van der Waals surface area contributed by atoms with Gasteiger partial charge in [-0.2, -0.15) is 0 Å². The summed E-state index contributed by atoms with van der Waals surface area (Å²) in [5.41, 5.74) is 5.65. The molecule has 116 valence electrons. The number of carboxylic acid groups (broad SMARTS) is 1. The lowest BCUT2D eigenvalue weighted by Gasteiger charge is -2.31. The van der Waals surface area contributed by atoms with E-state index in [0.717, 1.165) is 12.8 Å². The van der Waals surface area contributed by atoms with Crippen molar-refractivity contribution in [1.29, 1.82) is 0 Å². The minimum atomic E-state index is -0.896. The summed E-state index contributed by atoms with van der Waals surface area (Å²) in [5.74, 6) is -1.37. The van der Waals surface area contributed by atoms with E-state index in [1.807, 2.05) is 13.8 Å². The molecule has 1 aliphatic heterocycles. The topological polar surface area (TPSA) is 92.9 Å². The Morgan fingerprint density at radius 3 is 2.60 bits per heavy atom. The lowest BCUT2D eigenvalue weighted by molar-refractivity contribution is -0.145. The molecule has 0 bridgehead atoms. The van der Waals surface area contributed by atoms with Crippen LogP contribution in [0.5, 0.6) is 0 Å². The Morgan fingerprint density at radius 2 is 2.10 bits per heavy atom. The van der Waals surface area contributed by atoms with Gasteiger partial charge in [0.15, 0.2) is 0 Å². The third-order valence-corrected chi connectivity index (χ3v) is 3.93. The van der Waals surface area contributed by atoms with Crippen LogP contribution in [0.15, 0.2) is 0 Å². The highest BCUT2D eigenvalue weighted by atomic mass is 16.5. The second-order valence-corrected chi connectivity index (χ2v) is 5.35. The summed E-state index contributed by atoms with van der Waals surface area (Å²) in [6, 6.07) is -0.352. The molecular formula is C14H26N2O4. The summed E-state index contributed by atoms with van der Waals surface area (Å²) in [6.07, 6.45) is 2.04. The average Bonchev–Trinajstić information content (AvgIpc) is 2.91. The summed E-state index contributed by atoms with van der Waals surface area (Å²) in [5, 5.41) is 9.22. The van der Waals surface area contributed by atoms with Gasteiger partial charge in [0.05, 0.1) is 19.3 Å². The standard InChI is InChI=1S/C14H26N2O4/c1-3-5-16(13(17)6-10(4-2)7-15)12-9-20-8-11(12)14(18)19/h10-12H,3-9,15H2,1-2H3,(H,18,19). The van der Waals surface area contributed by atoms with E-state index >= 15 is 0 Å². The number of carboxylic acids is 1. The van der Waals surface area contributed by atoms with Gasteiger partial charge in [0.1, 0.15) is 5.92 Å². The molecule has 0 aromatic rings. The van der Waals surface area contributed by atoms with Crippen molar-refractivity contribution in [3.63, 3.8) is 0 Å². The summed E-state index contributed by atoms with van der Waals surface area (Å²) in [7, 11) is 0. The van der Waals surface area contributed by atoms with Gasteiger partial charge >= 0.3 is 5.97 Å². The van der Waals surface area contributed by atoms with Crippen LogP contribution in [0, 0.1) is 11.8 Å². The van der Waals surface area contributed by atoms with Gasteiger partial charge in [-0.3, -0.25) is 9.59 Å². The number of amides is 1. The number of nitrogens with zero attached hydrogens (tertiary/aromatic N) is 1. The van der Waals surface area contributed by atoms with Gasteiger partial charge in [-0.25, -0.2) is 0 Å². The summed E-state index contributed by atoms with van der Waals surface area (Å²) in [4.78, 5) is 25.4. The summed E-state index contributed by atoms with van der Waals surface area (Å²) >= 11 is 0. The van der Waals surface area contributed by atoms with Crippen molar-refractivity contribution < 1.29 is 19.4 Å². The molecule has 1 aliphatic rings. The Morgan fingerprint density at radius 1 is 1.40 bits per heavy atom. The van der Waals surface area contributed by atoms with E-state index in [2.05, 4.69) is 0 Å². The number of hydrogen-bond acceptors (Lipinski definition) is 4. The molecule has 3 atom stereocenters. The van der Waals surface area contributed by atoms with Crippen molar-refractivity contribution >= 4 is 11.9 Å². The van der Waals surface area contributed by atoms with Gasteiger partial charge in [-0.05, 0) is 18.9 Å². The molecule has 0 aromatic carbocycles. The summed E-state index contributed by atoms with van der Waals surface area (Å²) < 4.78 is 5.27. The molecule has 20 heavy (non-hydrogen) atoms. The van der Waals surface area contributed by atoms with E-state index in [-0.39, 0.29) is 24.5 Å². The SMILES string of the molecule is CCCN(C(=O)CC(CC)CN)C1COCC1C(=O)O. The van der Waals surface area contributed by atoms with Crippen LogP contribution < -0.4 is 5.73 Å². The quantitative estimate of drug-likeness (QED) is 0.685. The molecule has 1 fully saturated rings. The molecule has 0 aliphatic carbocycles. The fourth-order valence-electron chi connectivity index (χ4n) is 2.56. The average molecular weight is 286 g/mol. The van der Waals surface area contributed by atoms with Gasteiger partial charge in [0.25, 0.3) is 0 Å². The molecule has 6 nitrogen and oxygen atoms in total. The van der Waals surface area contributed by atoms with Crippen LogP contribution in [0.4, 0.5) is 0 Å². The summed E-state index contributed by atoms with van der Waals surface area (Å²) in [6.45, 7) is 5.52. The number of nitrogens with two attached hydrogens (primary N) is 1. The van der Waals surface area contributed by atoms with Crippen molar-refractivity contribution in [2.24, 2.45) is 17.6 Å². The van der Waals surface area contributed by atoms with Crippen LogP contribution in [0.1, 0.15) is 33.1 Å². The van der Waals surface area contributed by atoms with E-state index in [9.17, 15) is 14.7 Å². The Kier molecular flexibility index (Phi) is 6.95. The molecule has 1 rings (SSSR count). The fraction of sp³-hybridized carbons (Fsp3) is 0.857. The smallest absolute Gasteiger partial charge is 0.311 e. The maximum atomic E-state index is 12.4. The van der Waals surface area contributed by atoms with Gasteiger partial charge in [-0.15, -0.1) is 0 Å². The molecule has 3 unspecified atom stereocenters. The molecule has 0 radical (unpaired) electrons. The Labute approximate surface area is 120 Å². The number of ether oxygens (including phenoxy) is 1. The molecular weight excluding hydrogens is 260 g/mol. The third-order valence-electron chi connectivity index (χ3n) is 3.93. The van der Waals surface area contributed by atoms with Gasteiger partial charge in [0, 0.05) is 13.0 Å². The van der Waals surface area contributed by atoms with Crippen molar-refractivity contribution in [2.75, 3.05) is 26.3 Å². The largest absolute Gasteiger partial charge is 0.481 e. The first-order valence-corrected chi connectivity index (χ1v) is 7.35. The number of carbonyl (C=O) groups excluding carboxylic acids is 1. The Bertz CT molecular complexity index is 331. The molecule has 3 N–H and O–H groups in total. The fourth-order valence-corrected chi connectivity index (χ4v) is 2.56. The molecule has 1 heterocycles. The lowest BCUT2D eigenvalue weighted by atomic mass is 9.98. The predicted octanol–water partition coefficient (Wildman–Crippen LogP) is 0.700. The number of aliphatic carboxylic acids is 1. The van der Waals surface area contributed by atoms with Crippen molar-refractivity contribution in [3.05, 3.63) is 0 Å². The zero-order valence-electron chi connectivity index (χ0n) is 12.4. The molecule has 1 saturated heterocycles.